The first kappa shape index (κ1) is 27.1. The number of carbonyl (C=O) groups excluding carboxylic acids is 1. The number of carbonyl (C=O) groups is 2. The van der Waals surface area contributed by atoms with Gasteiger partial charge in [-0.1, -0.05) is 36.4 Å². The predicted molar refractivity (Wildman–Crippen MR) is 134 cm³/mol. The van der Waals surface area contributed by atoms with Gasteiger partial charge in [-0.25, -0.2) is 17.9 Å². The van der Waals surface area contributed by atoms with Gasteiger partial charge in [-0.3, -0.25) is 10.1 Å². The number of likely N-dealkylation sites (tertiary alicyclic amines) is 1. The Labute approximate surface area is 217 Å². The highest BCUT2D eigenvalue weighted by Crippen LogP contribution is 2.37. The SMILES string of the molecule is O=C(O)Nc1ccc(C(=O)N2CCC(NS(=O)(=O)c3ccc(-c4ccccc4)cc3C(F)(F)F)CC2)cc1. The number of hydrogen-bond acceptors (Lipinski definition) is 4. The second-order valence-electron chi connectivity index (χ2n) is 8.77. The Bertz CT molecular complexity index is 1420. The van der Waals surface area contributed by atoms with Crippen molar-refractivity contribution in [2.75, 3.05) is 18.4 Å². The number of nitrogens with one attached hydrogen (secondary N) is 2. The third kappa shape index (κ3) is 6.32. The number of alkyl halides is 3. The van der Waals surface area contributed by atoms with E-state index in [1.54, 1.807) is 30.3 Å². The standard InChI is InChI=1S/C26H24F3N3O5S/c27-26(28,29)22-16-19(17-4-2-1-3-5-17)8-11-23(22)38(36,37)31-21-12-14-32(15-13-21)24(33)18-6-9-20(10-7-18)30-25(34)35/h1-11,16,21,30-31H,12-15H2,(H,34,35). The van der Waals surface area contributed by atoms with E-state index in [0.29, 0.717) is 16.8 Å². The molecule has 2 amide bonds. The smallest absolute Gasteiger partial charge is 0.417 e. The molecule has 12 heteroatoms. The minimum absolute atomic E-state index is 0.195. The summed E-state index contributed by atoms with van der Waals surface area (Å²) in [6.07, 6.45) is -5.69. The molecule has 4 rings (SSSR count). The van der Waals surface area contributed by atoms with Crippen LogP contribution < -0.4 is 10.0 Å². The third-order valence-electron chi connectivity index (χ3n) is 6.17. The molecule has 0 radical (unpaired) electrons. The topological polar surface area (TPSA) is 116 Å². The zero-order chi connectivity index (χ0) is 27.5. The Balaban J connectivity index is 1.44. The number of carboxylic acid groups (broad SMARTS) is 1. The van der Waals surface area contributed by atoms with Crippen molar-refractivity contribution in [1.82, 2.24) is 9.62 Å². The van der Waals surface area contributed by atoms with Gasteiger partial charge in [-0.15, -0.1) is 0 Å². The van der Waals surface area contributed by atoms with Gasteiger partial charge in [0.15, 0.2) is 0 Å². The van der Waals surface area contributed by atoms with Crippen LogP contribution in [0.3, 0.4) is 0 Å². The zero-order valence-corrected chi connectivity index (χ0v) is 20.7. The number of hydrogen-bond donors (Lipinski definition) is 3. The van der Waals surface area contributed by atoms with Gasteiger partial charge in [0.05, 0.1) is 10.5 Å². The predicted octanol–water partition coefficient (Wildman–Crippen LogP) is 5.05. The van der Waals surface area contributed by atoms with Crippen LogP contribution in [-0.4, -0.2) is 49.6 Å². The number of rotatable bonds is 6. The van der Waals surface area contributed by atoms with Gasteiger partial charge >= 0.3 is 12.3 Å². The Morgan fingerprint density at radius 3 is 2.11 bits per heavy atom. The lowest BCUT2D eigenvalue weighted by Gasteiger charge is -2.32. The monoisotopic (exact) mass is 547 g/mol. The lowest BCUT2D eigenvalue weighted by Crippen LogP contribution is -2.46. The van der Waals surface area contributed by atoms with E-state index in [0.717, 1.165) is 12.1 Å². The zero-order valence-electron chi connectivity index (χ0n) is 19.9. The van der Waals surface area contributed by atoms with Gasteiger partial charge in [0.25, 0.3) is 5.91 Å². The van der Waals surface area contributed by atoms with Crippen molar-refractivity contribution in [3.8, 4) is 11.1 Å². The Kier molecular flexibility index (Phi) is 7.74. The lowest BCUT2D eigenvalue weighted by molar-refractivity contribution is -0.139. The minimum atomic E-state index is -4.89. The largest absolute Gasteiger partial charge is 0.465 e. The molecular formula is C26H24F3N3O5S. The molecule has 3 aromatic carbocycles. The first-order valence-corrected chi connectivity index (χ1v) is 13.1. The van der Waals surface area contributed by atoms with Crippen LogP contribution in [0.1, 0.15) is 28.8 Å². The minimum Gasteiger partial charge on any atom is -0.465 e. The number of sulfonamides is 1. The number of nitrogens with zero attached hydrogens (tertiary/aromatic N) is 1. The maximum Gasteiger partial charge on any atom is 0.417 e. The Morgan fingerprint density at radius 1 is 0.895 bits per heavy atom. The van der Waals surface area contributed by atoms with E-state index in [1.807, 2.05) is 0 Å². The number of benzene rings is 3. The van der Waals surface area contributed by atoms with E-state index in [1.165, 1.54) is 35.2 Å². The maximum atomic E-state index is 13.9. The molecule has 0 aromatic heterocycles. The fourth-order valence-electron chi connectivity index (χ4n) is 4.28. The second-order valence-corrected chi connectivity index (χ2v) is 10.5. The lowest BCUT2D eigenvalue weighted by atomic mass is 10.0. The van der Waals surface area contributed by atoms with Crippen molar-refractivity contribution in [2.24, 2.45) is 0 Å². The molecule has 0 unspecified atom stereocenters. The van der Waals surface area contributed by atoms with E-state index >= 15 is 0 Å². The normalized spacial score (nSPS) is 14.8. The number of anilines is 1. The van der Waals surface area contributed by atoms with Crippen LogP contribution in [0, 0.1) is 0 Å². The van der Waals surface area contributed by atoms with Gasteiger partial charge in [0.2, 0.25) is 10.0 Å². The van der Waals surface area contributed by atoms with Gasteiger partial charge in [-0.2, -0.15) is 13.2 Å². The summed E-state index contributed by atoms with van der Waals surface area (Å²) < 4.78 is 70.0. The van der Waals surface area contributed by atoms with Crippen molar-refractivity contribution in [3.05, 3.63) is 83.9 Å². The summed E-state index contributed by atoms with van der Waals surface area (Å²) in [6, 6.07) is 16.7. The summed E-state index contributed by atoms with van der Waals surface area (Å²) in [5.74, 6) is -0.316. The Hall–Kier alpha value is -3.90. The van der Waals surface area contributed by atoms with E-state index in [4.69, 9.17) is 5.11 Å². The van der Waals surface area contributed by atoms with Crippen LogP contribution in [0.4, 0.5) is 23.7 Å². The number of piperidine rings is 1. The highest BCUT2D eigenvalue weighted by Gasteiger charge is 2.38. The van der Waals surface area contributed by atoms with E-state index < -0.39 is 38.8 Å². The summed E-state index contributed by atoms with van der Waals surface area (Å²) in [4.78, 5) is 24.1. The first-order chi connectivity index (χ1) is 17.9. The second kappa shape index (κ2) is 10.8. The maximum absolute atomic E-state index is 13.9. The molecule has 38 heavy (non-hydrogen) atoms. The molecule has 0 atom stereocenters. The Morgan fingerprint density at radius 2 is 1.53 bits per heavy atom. The van der Waals surface area contributed by atoms with Gasteiger partial charge in [0.1, 0.15) is 0 Å². The molecule has 8 nitrogen and oxygen atoms in total. The molecule has 3 N–H and O–H groups in total. The fourth-order valence-corrected chi connectivity index (χ4v) is 5.79. The van der Waals surface area contributed by atoms with E-state index in [-0.39, 0.29) is 37.4 Å². The molecule has 1 heterocycles. The van der Waals surface area contributed by atoms with Gasteiger partial charge in [-0.05, 0) is 60.4 Å². The van der Waals surface area contributed by atoms with Crippen molar-refractivity contribution in [3.63, 3.8) is 0 Å². The van der Waals surface area contributed by atoms with Crippen LogP contribution >= 0.6 is 0 Å². The molecule has 0 aliphatic carbocycles. The quantitative estimate of drug-likeness (QED) is 0.400. The average molecular weight is 548 g/mol. The van der Waals surface area contributed by atoms with Crippen LogP contribution in [0.15, 0.2) is 77.7 Å². The first-order valence-electron chi connectivity index (χ1n) is 11.6. The third-order valence-corrected chi connectivity index (χ3v) is 7.75. The summed E-state index contributed by atoms with van der Waals surface area (Å²) in [5, 5.41) is 10.9. The van der Waals surface area contributed by atoms with Crippen LogP contribution in [0.5, 0.6) is 0 Å². The molecule has 3 aromatic rings. The van der Waals surface area contributed by atoms with Crippen LogP contribution in [0.2, 0.25) is 0 Å². The van der Waals surface area contributed by atoms with Crippen LogP contribution in [-0.2, 0) is 16.2 Å². The molecule has 0 spiro atoms. The highest BCUT2D eigenvalue weighted by molar-refractivity contribution is 7.89. The summed E-state index contributed by atoms with van der Waals surface area (Å²) >= 11 is 0. The van der Waals surface area contributed by atoms with E-state index in [2.05, 4.69) is 10.0 Å². The molecule has 1 fully saturated rings. The summed E-state index contributed by atoms with van der Waals surface area (Å²) in [5.41, 5.74) is 0.153. The molecule has 0 saturated carbocycles. The van der Waals surface area contributed by atoms with Crippen molar-refractivity contribution in [1.29, 1.82) is 0 Å². The molecular weight excluding hydrogens is 523 g/mol. The number of halogens is 3. The van der Waals surface area contributed by atoms with Crippen molar-refractivity contribution in [2.45, 2.75) is 30.0 Å². The fraction of sp³-hybridized carbons (Fsp3) is 0.231. The number of amides is 2. The highest BCUT2D eigenvalue weighted by atomic mass is 32.2. The van der Waals surface area contributed by atoms with Gasteiger partial charge < -0.3 is 10.0 Å². The van der Waals surface area contributed by atoms with E-state index in [9.17, 15) is 31.2 Å². The molecule has 1 saturated heterocycles. The molecule has 1 aliphatic heterocycles. The van der Waals surface area contributed by atoms with Crippen molar-refractivity contribution >= 4 is 27.7 Å². The molecule has 1 aliphatic rings. The van der Waals surface area contributed by atoms with Crippen molar-refractivity contribution < 1.29 is 36.3 Å². The summed E-state index contributed by atoms with van der Waals surface area (Å²) in [7, 11) is -4.51. The van der Waals surface area contributed by atoms with Gasteiger partial charge in [0, 0.05) is 30.4 Å². The van der Waals surface area contributed by atoms with Crippen LogP contribution in [0.25, 0.3) is 11.1 Å². The molecule has 200 valence electrons. The average Bonchev–Trinajstić information content (AvgIpc) is 2.88. The summed E-state index contributed by atoms with van der Waals surface area (Å²) in [6.45, 7) is 0.389. The molecule has 0 bridgehead atoms.